The van der Waals surface area contributed by atoms with Crippen LogP contribution in [0.1, 0.15) is 37.3 Å². The van der Waals surface area contributed by atoms with Gasteiger partial charge < -0.3 is 24.4 Å². The van der Waals surface area contributed by atoms with E-state index < -0.39 is 0 Å². The van der Waals surface area contributed by atoms with Crippen molar-refractivity contribution in [3.8, 4) is 22.8 Å². The maximum absolute atomic E-state index is 11.7. The Morgan fingerprint density at radius 3 is 2.73 bits per heavy atom. The molecule has 0 bridgehead atoms. The number of nitrogens with zero attached hydrogens (tertiary/aromatic N) is 3. The van der Waals surface area contributed by atoms with Gasteiger partial charge in [0.05, 0.1) is 25.8 Å². The van der Waals surface area contributed by atoms with Gasteiger partial charge >= 0.3 is 5.97 Å². The van der Waals surface area contributed by atoms with Crippen LogP contribution in [0.2, 0.25) is 0 Å². The van der Waals surface area contributed by atoms with Gasteiger partial charge in [-0.2, -0.15) is 0 Å². The van der Waals surface area contributed by atoms with Gasteiger partial charge in [-0.25, -0.2) is 0 Å². The van der Waals surface area contributed by atoms with Crippen molar-refractivity contribution in [3.05, 3.63) is 65.7 Å². The van der Waals surface area contributed by atoms with E-state index in [9.17, 15) is 4.79 Å². The average molecular weight is 505 g/mol. The molecule has 0 saturated carbocycles. The van der Waals surface area contributed by atoms with Crippen LogP contribution in [0.5, 0.6) is 11.5 Å². The molecule has 0 unspecified atom stereocenters. The number of rotatable bonds is 11. The van der Waals surface area contributed by atoms with Crippen LogP contribution in [0.15, 0.2) is 54.6 Å². The number of ether oxygens (including phenoxy) is 3. The number of hydrogen-bond donors (Lipinski definition) is 1. The highest BCUT2D eigenvalue weighted by molar-refractivity contribution is 5.71. The van der Waals surface area contributed by atoms with Crippen molar-refractivity contribution >= 4 is 11.8 Å². The number of likely N-dealkylation sites (tertiary alicyclic amines) is 1. The summed E-state index contributed by atoms with van der Waals surface area (Å²) in [6.07, 6.45) is 2.54. The normalized spacial score (nSPS) is 15.7. The largest absolute Gasteiger partial charge is 0.497 e. The molecule has 8 heteroatoms. The van der Waals surface area contributed by atoms with E-state index in [0.717, 1.165) is 59.9 Å². The van der Waals surface area contributed by atoms with E-state index in [1.807, 2.05) is 68.4 Å². The molecule has 1 N–H and O–H groups in total. The number of aryl methyl sites for hydroxylation is 1. The molecule has 1 aromatic heterocycles. The minimum atomic E-state index is -0.139. The molecule has 0 radical (unpaired) electrons. The minimum absolute atomic E-state index is 0.139. The predicted molar refractivity (Wildman–Crippen MR) is 144 cm³/mol. The van der Waals surface area contributed by atoms with E-state index in [1.54, 1.807) is 7.11 Å². The standard InChI is InChI=1S/C29H36N4O4/c1-4-36-28(34)14-16-33-15-8-11-23(19-33)30-27-17-21(2)29(32-31-27)25-13-12-24(35-3)18-26(25)37-20-22-9-6-5-7-10-22/h5-7,9-10,12-13,17-18,23H,4,8,11,14-16,19-20H2,1-3H3,(H,30,31)/t23-/m1/s1. The first-order chi connectivity index (χ1) is 18.1. The molecule has 4 rings (SSSR count). The Hall–Kier alpha value is -3.65. The SMILES string of the molecule is CCOC(=O)CCN1CCC[C@@H](Nc2cc(C)c(-c3ccc(OC)cc3OCc3ccccc3)nn2)C1. The fourth-order valence-electron chi connectivity index (χ4n) is 4.57. The fraction of sp³-hybridized carbons (Fsp3) is 0.414. The Kier molecular flexibility index (Phi) is 9.32. The van der Waals surface area contributed by atoms with Crippen LogP contribution >= 0.6 is 0 Å². The molecule has 2 heterocycles. The number of piperidine rings is 1. The fourth-order valence-corrected chi connectivity index (χ4v) is 4.57. The Bertz CT molecular complexity index is 1170. The van der Waals surface area contributed by atoms with Crippen LogP contribution in [-0.4, -0.2) is 60.5 Å². The zero-order valence-corrected chi connectivity index (χ0v) is 21.9. The van der Waals surface area contributed by atoms with E-state index >= 15 is 0 Å². The van der Waals surface area contributed by atoms with Gasteiger partial charge in [0.2, 0.25) is 0 Å². The highest BCUT2D eigenvalue weighted by atomic mass is 16.5. The smallest absolute Gasteiger partial charge is 0.307 e. The summed E-state index contributed by atoms with van der Waals surface area (Å²) in [4.78, 5) is 14.0. The molecular formula is C29H36N4O4. The third kappa shape index (κ3) is 7.43. The second kappa shape index (κ2) is 13.1. The van der Waals surface area contributed by atoms with Crippen LogP contribution < -0.4 is 14.8 Å². The van der Waals surface area contributed by atoms with Crippen LogP contribution in [-0.2, 0) is 16.1 Å². The van der Waals surface area contributed by atoms with Gasteiger partial charge in [0.25, 0.3) is 0 Å². The molecule has 0 aliphatic carbocycles. The second-order valence-electron chi connectivity index (χ2n) is 9.24. The monoisotopic (exact) mass is 504 g/mol. The van der Waals surface area contributed by atoms with Crippen LogP contribution in [0.25, 0.3) is 11.3 Å². The molecule has 37 heavy (non-hydrogen) atoms. The van der Waals surface area contributed by atoms with Crippen molar-refractivity contribution in [2.24, 2.45) is 0 Å². The lowest BCUT2D eigenvalue weighted by Crippen LogP contribution is -2.43. The third-order valence-corrected chi connectivity index (χ3v) is 6.46. The first kappa shape index (κ1) is 26.4. The number of esters is 1. The van der Waals surface area contributed by atoms with Crippen molar-refractivity contribution in [1.82, 2.24) is 15.1 Å². The lowest BCUT2D eigenvalue weighted by molar-refractivity contribution is -0.143. The van der Waals surface area contributed by atoms with Crippen molar-refractivity contribution in [3.63, 3.8) is 0 Å². The molecule has 0 amide bonds. The van der Waals surface area contributed by atoms with Crippen molar-refractivity contribution < 1.29 is 19.0 Å². The Balaban J connectivity index is 1.44. The number of carbonyl (C=O) groups is 1. The summed E-state index contributed by atoms with van der Waals surface area (Å²) in [5, 5.41) is 12.6. The molecule has 1 aliphatic heterocycles. The molecule has 8 nitrogen and oxygen atoms in total. The van der Waals surface area contributed by atoms with Gasteiger partial charge in [-0.1, -0.05) is 30.3 Å². The predicted octanol–water partition coefficient (Wildman–Crippen LogP) is 4.87. The zero-order chi connectivity index (χ0) is 26.0. The zero-order valence-electron chi connectivity index (χ0n) is 21.9. The number of carbonyl (C=O) groups excluding carboxylic acids is 1. The second-order valence-corrected chi connectivity index (χ2v) is 9.24. The van der Waals surface area contributed by atoms with E-state index in [4.69, 9.17) is 14.2 Å². The number of nitrogens with one attached hydrogen (secondary N) is 1. The maximum atomic E-state index is 11.7. The van der Waals surface area contributed by atoms with Gasteiger partial charge in [-0.15, -0.1) is 10.2 Å². The summed E-state index contributed by atoms with van der Waals surface area (Å²) < 4.78 is 16.7. The first-order valence-corrected chi connectivity index (χ1v) is 12.9. The van der Waals surface area contributed by atoms with Crippen LogP contribution in [0.4, 0.5) is 5.82 Å². The number of aromatic nitrogens is 2. The van der Waals surface area contributed by atoms with Gasteiger partial charge in [-0.05, 0) is 62.6 Å². The van der Waals surface area contributed by atoms with Gasteiger partial charge in [-0.3, -0.25) is 4.79 Å². The molecule has 1 fully saturated rings. The average Bonchev–Trinajstić information content (AvgIpc) is 2.92. The number of anilines is 1. The summed E-state index contributed by atoms with van der Waals surface area (Å²) in [5.41, 5.74) is 3.73. The maximum Gasteiger partial charge on any atom is 0.307 e. The quantitative estimate of drug-likeness (QED) is 0.370. The minimum Gasteiger partial charge on any atom is -0.497 e. The highest BCUT2D eigenvalue weighted by Gasteiger charge is 2.21. The summed E-state index contributed by atoms with van der Waals surface area (Å²) in [7, 11) is 1.64. The molecule has 196 valence electrons. The van der Waals surface area contributed by atoms with E-state index in [1.165, 1.54) is 0 Å². The van der Waals surface area contributed by atoms with Gasteiger partial charge in [0, 0.05) is 30.8 Å². The lowest BCUT2D eigenvalue weighted by Gasteiger charge is -2.33. The van der Waals surface area contributed by atoms with E-state index in [2.05, 4.69) is 20.4 Å². The van der Waals surface area contributed by atoms with Crippen molar-refractivity contribution in [2.45, 2.75) is 45.8 Å². The Morgan fingerprint density at radius 1 is 1.14 bits per heavy atom. The van der Waals surface area contributed by atoms with Crippen LogP contribution in [0.3, 0.4) is 0 Å². The van der Waals surface area contributed by atoms with Crippen molar-refractivity contribution in [2.75, 3.05) is 38.7 Å². The molecular weight excluding hydrogens is 468 g/mol. The molecule has 3 aromatic rings. The molecule has 2 aromatic carbocycles. The molecule has 0 spiro atoms. The van der Waals surface area contributed by atoms with Gasteiger partial charge in [0.1, 0.15) is 23.9 Å². The Labute approximate surface area is 219 Å². The summed E-state index contributed by atoms with van der Waals surface area (Å²) >= 11 is 0. The molecule has 1 saturated heterocycles. The van der Waals surface area contributed by atoms with E-state index in [-0.39, 0.29) is 12.0 Å². The summed E-state index contributed by atoms with van der Waals surface area (Å²) in [5.74, 6) is 2.03. The highest BCUT2D eigenvalue weighted by Crippen LogP contribution is 2.35. The van der Waals surface area contributed by atoms with Crippen LogP contribution in [0, 0.1) is 6.92 Å². The molecule has 1 aliphatic rings. The van der Waals surface area contributed by atoms with Gasteiger partial charge in [0.15, 0.2) is 0 Å². The number of methoxy groups -OCH3 is 1. The number of hydrogen-bond acceptors (Lipinski definition) is 8. The topological polar surface area (TPSA) is 85.8 Å². The first-order valence-electron chi connectivity index (χ1n) is 12.9. The summed E-state index contributed by atoms with van der Waals surface area (Å²) in [6.45, 7) is 7.30. The molecule has 1 atom stereocenters. The van der Waals surface area contributed by atoms with E-state index in [0.29, 0.717) is 31.9 Å². The Morgan fingerprint density at radius 2 is 1.97 bits per heavy atom. The lowest BCUT2D eigenvalue weighted by atomic mass is 10.0. The van der Waals surface area contributed by atoms with Crippen molar-refractivity contribution in [1.29, 1.82) is 0 Å². The third-order valence-electron chi connectivity index (χ3n) is 6.46. The number of benzene rings is 2. The summed E-state index contributed by atoms with van der Waals surface area (Å²) in [6, 6.07) is 18.1.